The normalized spacial score (nSPS) is 11.7. The van der Waals surface area contributed by atoms with Crippen LogP contribution in [-0.4, -0.2) is 29.8 Å². The zero-order valence-corrected chi connectivity index (χ0v) is 16.0. The van der Waals surface area contributed by atoms with Crippen molar-refractivity contribution in [2.75, 3.05) is 13.4 Å². The average Bonchev–Trinajstić information content (AvgIpc) is 3.49. The number of hydrogen-bond donors (Lipinski definition) is 1. The van der Waals surface area contributed by atoms with Gasteiger partial charge in [0.1, 0.15) is 23.0 Å². The smallest absolute Gasteiger partial charge is 0.343 e. The molecule has 0 bridgehead atoms. The number of amides is 1. The van der Waals surface area contributed by atoms with E-state index in [4.69, 9.17) is 18.6 Å². The van der Waals surface area contributed by atoms with Crippen LogP contribution in [0, 0.1) is 18.3 Å². The predicted molar refractivity (Wildman–Crippen MR) is 102 cm³/mol. The maximum Gasteiger partial charge on any atom is 0.343 e. The van der Waals surface area contributed by atoms with E-state index >= 15 is 0 Å². The Morgan fingerprint density at radius 2 is 2.00 bits per heavy atom. The van der Waals surface area contributed by atoms with Gasteiger partial charge in [-0.25, -0.2) is 4.79 Å². The first-order valence-corrected chi connectivity index (χ1v) is 9.06. The number of benzene rings is 1. The third-order valence-electron chi connectivity index (χ3n) is 4.48. The van der Waals surface area contributed by atoms with Crippen molar-refractivity contribution in [1.82, 2.24) is 9.88 Å². The molecule has 4 rings (SSSR count). The lowest BCUT2D eigenvalue weighted by Crippen LogP contribution is -2.28. The molecule has 9 nitrogen and oxygen atoms in total. The molecule has 0 saturated heterocycles. The molecule has 1 amide bonds. The topological polar surface area (TPSA) is 116 Å². The number of esters is 1. The lowest BCUT2D eigenvalue weighted by Gasteiger charge is -2.07. The van der Waals surface area contributed by atoms with Crippen molar-refractivity contribution in [3.63, 3.8) is 0 Å². The first kappa shape index (κ1) is 19.1. The minimum atomic E-state index is -0.801. The summed E-state index contributed by atoms with van der Waals surface area (Å²) in [6.45, 7) is 1.48. The van der Waals surface area contributed by atoms with Crippen LogP contribution >= 0.6 is 0 Å². The highest BCUT2D eigenvalue weighted by molar-refractivity contribution is 5.95. The van der Waals surface area contributed by atoms with Crippen LogP contribution < -0.4 is 14.8 Å². The molecular formula is C21H17N3O6. The average molecular weight is 407 g/mol. The van der Waals surface area contributed by atoms with E-state index in [2.05, 4.69) is 5.32 Å². The van der Waals surface area contributed by atoms with E-state index in [0.717, 1.165) is 5.56 Å². The maximum absolute atomic E-state index is 12.5. The van der Waals surface area contributed by atoms with E-state index in [1.807, 2.05) is 6.07 Å². The Kier molecular flexibility index (Phi) is 5.13. The minimum absolute atomic E-state index is 0.00442. The summed E-state index contributed by atoms with van der Waals surface area (Å²) in [6.07, 6.45) is 3.38. The van der Waals surface area contributed by atoms with E-state index in [9.17, 15) is 14.9 Å². The maximum atomic E-state index is 12.5. The van der Waals surface area contributed by atoms with Crippen LogP contribution in [0.15, 0.2) is 47.1 Å². The SMILES string of the molecule is Cc1oc(-n2cccc2)c(C#N)c1C(=O)OCC(=O)NCc1ccc2c(c1)OCO2. The van der Waals surface area contributed by atoms with Crippen molar-refractivity contribution in [1.29, 1.82) is 5.26 Å². The summed E-state index contributed by atoms with van der Waals surface area (Å²) >= 11 is 0. The summed E-state index contributed by atoms with van der Waals surface area (Å²) in [5.41, 5.74) is 0.868. The largest absolute Gasteiger partial charge is 0.454 e. The van der Waals surface area contributed by atoms with Gasteiger partial charge in [0.15, 0.2) is 18.1 Å². The molecule has 0 unspecified atom stereocenters. The molecule has 1 aromatic carbocycles. The number of fused-ring (bicyclic) bond motifs is 1. The van der Waals surface area contributed by atoms with Crippen LogP contribution in [0.2, 0.25) is 0 Å². The van der Waals surface area contributed by atoms with Crippen molar-refractivity contribution in [2.45, 2.75) is 13.5 Å². The monoisotopic (exact) mass is 407 g/mol. The Bertz CT molecular complexity index is 1140. The molecule has 0 fully saturated rings. The van der Waals surface area contributed by atoms with Crippen LogP contribution in [0.5, 0.6) is 11.5 Å². The highest BCUT2D eigenvalue weighted by Crippen LogP contribution is 2.32. The van der Waals surface area contributed by atoms with Crippen molar-refractivity contribution in [2.24, 2.45) is 0 Å². The van der Waals surface area contributed by atoms with E-state index in [-0.39, 0.29) is 36.1 Å². The third-order valence-corrected chi connectivity index (χ3v) is 4.48. The highest BCUT2D eigenvalue weighted by Gasteiger charge is 2.26. The van der Waals surface area contributed by atoms with Crippen LogP contribution in [0.1, 0.15) is 27.2 Å². The van der Waals surface area contributed by atoms with Gasteiger partial charge >= 0.3 is 5.97 Å². The summed E-state index contributed by atoms with van der Waals surface area (Å²) in [7, 11) is 0. The number of ether oxygens (including phenoxy) is 3. The van der Waals surface area contributed by atoms with Crippen LogP contribution in [0.25, 0.3) is 5.88 Å². The number of carbonyl (C=O) groups excluding carboxylic acids is 2. The Hall–Kier alpha value is -4.19. The lowest BCUT2D eigenvalue weighted by atomic mass is 10.1. The number of rotatable bonds is 6. The number of nitrogens with one attached hydrogen (secondary N) is 1. The van der Waals surface area contributed by atoms with Gasteiger partial charge in [0.05, 0.1) is 0 Å². The molecule has 1 aliphatic rings. The summed E-state index contributed by atoms with van der Waals surface area (Å²) in [4.78, 5) is 24.6. The van der Waals surface area contributed by atoms with Gasteiger partial charge in [0.2, 0.25) is 12.7 Å². The molecule has 0 saturated carbocycles. The first-order chi connectivity index (χ1) is 14.6. The van der Waals surface area contributed by atoms with Crippen molar-refractivity contribution in [3.8, 4) is 23.5 Å². The predicted octanol–water partition coefficient (Wildman–Crippen LogP) is 2.45. The van der Waals surface area contributed by atoms with Gasteiger partial charge in [-0.2, -0.15) is 5.26 Å². The second-order valence-corrected chi connectivity index (χ2v) is 6.46. The fraction of sp³-hybridized carbons (Fsp3) is 0.190. The quantitative estimate of drug-likeness (QED) is 0.624. The number of hydrogen-bond acceptors (Lipinski definition) is 7. The van der Waals surface area contributed by atoms with Gasteiger partial charge < -0.3 is 23.9 Å². The molecule has 30 heavy (non-hydrogen) atoms. The number of aromatic nitrogens is 1. The summed E-state index contributed by atoms with van der Waals surface area (Å²) in [6, 6.07) is 10.8. The molecule has 3 aromatic rings. The fourth-order valence-corrected chi connectivity index (χ4v) is 3.04. The van der Waals surface area contributed by atoms with Crippen LogP contribution in [0.4, 0.5) is 0 Å². The Labute approximate surface area is 171 Å². The Balaban J connectivity index is 1.37. The lowest BCUT2D eigenvalue weighted by molar-refractivity contribution is -0.124. The minimum Gasteiger partial charge on any atom is -0.454 e. The van der Waals surface area contributed by atoms with E-state index in [1.165, 1.54) is 0 Å². The zero-order valence-electron chi connectivity index (χ0n) is 16.0. The highest BCUT2D eigenvalue weighted by atomic mass is 16.7. The van der Waals surface area contributed by atoms with Gasteiger partial charge in [0.25, 0.3) is 5.91 Å². The molecule has 1 N–H and O–H groups in total. The molecule has 2 aromatic heterocycles. The molecule has 1 aliphatic heterocycles. The molecule has 3 heterocycles. The van der Waals surface area contributed by atoms with E-state index < -0.39 is 18.5 Å². The Morgan fingerprint density at radius 1 is 1.23 bits per heavy atom. The summed E-state index contributed by atoms with van der Waals surface area (Å²) < 4.78 is 22.8. The number of furan rings is 1. The zero-order chi connectivity index (χ0) is 21.1. The number of nitriles is 1. The molecule has 9 heteroatoms. The van der Waals surface area contributed by atoms with Gasteiger partial charge in [-0.15, -0.1) is 0 Å². The molecule has 0 spiro atoms. The molecule has 0 radical (unpaired) electrons. The van der Waals surface area contributed by atoms with Crippen molar-refractivity contribution < 1.29 is 28.2 Å². The molecule has 0 atom stereocenters. The Morgan fingerprint density at radius 3 is 2.77 bits per heavy atom. The van der Waals surface area contributed by atoms with Gasteiger partial charge in [0, 0.05) is 18.9 Å². The number of carbonyl (C=O) groups is 2. The number of nitrogens with zero attached hydrogens (tertiary/aromatic N) is 2. The molecule has 0 aliphatic carbocycles. The molecule has 152 valence electrons. The first-order valence-electron chi connectivity index (χ1n) is 9.06. The van der Waals surface area contributed by atoms with Gasteiger partial charge in [-0.1, -0.05) is 6.07 Å². The standard InChI is InChI=1S/C21H17N3O6/c1-13-19(15(9-22)20(30-13)24-6-2-3-7-24)21(26)27-11-18(25)23-10-14-4-5-16-17(8-14)29-12-28-16/h2-8H,10-12H2,1H3,(H,23,25). The van der Waals surface area contributed by atoms with Crippen LogP contribution in [0.3, 0.4) is 0 Å². The number of aryl methyl sites for hydroxylation is 1. The summed E-state index contributed by atoms with van der Waals surface area (Å²) in [5.74, 6) is 0.448. The third kappa shape index (κ3) is 3.71. The second-order valence-electron chi connectivity index (χ2n) is 6.46. The fourth-order valence-electron chi connectivity index (χ4n) is 3.04. The second kappa shape index (κ2) is 8.05. The summed E-state index contributed by atoms with van der Waals surface area (Å²) in [5, 5.41) is 12.1. The van der Waals surface area contributed by atoms with Crippen molar-refractivity contribution in [3.05, 3.63) is 65.2 Å². The molecular weight excluding hydrogens is 390 g/mol. The van der Waals surface area contributed by atoms with Crippen molar-refractivity contribution >= 4 is 11.9 Å². The van der Waals surface area contributed by atoms with E-state index in [0.29, 0.717) is 11.5 Å². The van der Waals surface area contributed by atoms with E-state index in [1.54, 1.807) is 54.2 Å². The van der Waals surface area contributed by atoms with Crippen LogP contribution in [-0.2, 0) is 16.1 Å². The van der Waals surface area contributed by atoms with Gasteiger partial charge in [-0.3, -0.25) is 9.36 Å². The van der Waals surface area contributed by atoms with Gasteiger partial charge in [-0.05, 0) is 36.8 Å².